The smallest absolute Gasteiger partial charge is 0.342 e. The van der Waals surface area contributed by atoms with E-state index in [2.05, 4.69) is 4.98 Å². The molecule has 158 valence electrons. The SMILES string of the molecule is O=C(Cc1cccnc1)N1CCC2(CC1)CN(c1ccc(F)cc1)C(=O)C(F)(F)O2. The fourth-order valence-electron chi connectivity index (χ4n) is 3.91. The van der Waals surface area contributed by atoms with Crippen molar-refractivity contribution in [3.05, 3.63) is 60.2 Å². The predicted octanol–water partition coefficient (Wildman–Crippen LogP) is 2.78. The van der Waals surface area contributed by atoms with Crippen molar-refractivity contribution >= 4 is 17.5 Å². The van der Waals surface area contributed by atoms with Gasteiger partial charge in [-0.3, -0.25) is 14.6 Å². The molecule has 0 atom stereocenters. The first-order valence-electron chi connectivity index (χ1n) is 9.60. The lowest BCUT2D eigenvalue weighted by atomic mass is 9.88. The maximum Gasteiger partial charge on any atom is 0.437 e. The number of anilines is 1. The topological polar surface area (TPSA) is 62.7 Å². The summed E-state index contributed by atoms with van der Waals surface area (Å²) in [4.78, 5) is 31.3. The quantitative estimate of drug-likeness (QED) is 0.768. The number of rotatable bonds is 3. The standard InChI is InChI=1S/C21H20F3N3O3/c22-16-3-5-17(6-4-16)27-14-20(30-21(23,24)19(27)29)7-10-26(11-8-20)18(28)12-15-2-1-9-25-13-15/h1-6,9,13H,7-8,10-12,14H2. The monoisotopic (exact) mass is 419 g/mol. The van der Waals surface area contributed by atoms with Gasteiger partial charge in [0.1, 0.15) is 5.82 Å². The zero-order chi connectivity index (χ0) is 21.4. The molecule has 2 aromatic rings. The highest BCUT2D eigenvalue weighted by atomic mass is 19.3. The highest BCUT2D eigenvalue weighted by molar-refractivity contribution is 5.98. The number of benzene rings is 1. The lowest BCUT2D eigenvalue weighted by Gasteiger charge is -2.48. The summed E-state index contributed by atoms with van der Waals surface area (Å²) in [5, 5.41) is 0. The van der Waals surface area contributed by atoms with Crippen LogP contribution in [0.15, 0.2) is 48.8 Å². The van der Waals surface area contributed by atoms with Crippen molar-refractivity contribution in [2.45, 2.75) is 31.0 Å². The van der Waals surface area contributed by atoms with Gasteiger partial charge in [0.25, 0.3) is 0 Å². The second-order valence-electron chi connectivity index (χ2n) is 7.59. The van der Waals surface area contributed by atoms with Gasteiger partial charge in [0.2, 0.25) is 5.91 Å². The largest absolute Gasteiger partial charge is 0.437 e. The predicted molar refractivity (Wildman–Crippen MR) is 101 cm³/mol. The molecule has 2 amide bonds. The van der Waals surface area contributed by atoms with Crippen LogP contribution in [0.5, 0.6) is 0 Å². The van der Waals surface area contributed by atoms with Crippen LogP contribution in [0.2, 0.25) is 0 Å². The second kappa shape index (κ2) is 7.71. The molecule has 6 nitrogen and oxygen atoms in total. The average Bonchev–Trinajstić information content (AvgIpc) is 2.72. The molecule has 3 heterocycles. The van der Waals surface area contributed by atoms with Crippen LogP contribution in [0.3, 0.4) is 0 Å². The van der Waals surface area contributed by atoms with E-state index >= 15 is 0 Å². The lowest BCUT2D eigenvalue weighted by Crippen LogP contribution is -2.65. The van der Waals surface area contributed by atoms with E-state index in [0.29, 0.717) is 0 Å². The molecule has 0 radical (unpaired) electrons. The Morgan fingerprint density at radius 3 is 2.47 bits per heavy atom. The fraction of sp³-hybridized carbons (Fsp3) is 0.381. The number of likely N-dealkylation sites (tertiary alicyclic amines) is 1. The molecule has 2 fully saturated rings. The van der Waals surface area contributed by atoms with Gasteiger partial charge >= 0.3 is 12.0 Å². The van der Waals surface area contributed by atoms with Gasteiger partial charge in [-0.2, -0.15) is 8.78 Å². The van der Waals surface area contributed by atoms with E-state index in [0.717, 1.165) is 22.6 Å². The van der Waals surface area contributed by atoms with Crippen LogP contribution < -0.4 is 4.90 Å². The molecule has 0 saturated carbocycles. The molecule has 0 aliphatic carbocycles. The van der Waals surface area contributed by atoms with Gasteiger partial charge in [0.15, 0.2) is 0 Å². The Hall–Kier alpha value is -2.94. The number of carbonyl (C=O) groups excluding carboxylic acids is 2. The first-order chi connectivity index (χ1) is 14.3. The summed E-state index contributed by atoms with van der Waals surface area (Å²) in [6.07, 6.45) is -0.265. The summed E-state index contributed by atoms with van der Waals surface area (Å²) in [7, 11) is 0. The van der Waals surface area contributed by atoms with E-state index < -0.39 is 23.4 Å². The summed E-state index contributed by atoms with van der Waals surface area (Å²) in [6, 6.07) is 8.34. The number of aromatic nitrogens is 1. The Kier molecular flexibility index (Phi) is 5.23. The molecule has 2 aliphatic rings. The maximum absolute atomic E-state index is 14.4. The van der Waals surface area contributed by atoms with Crippen molar-refractivity contribution in [2.24, 2.45) is 0 Å². The number of carbonyl (C=O) groups is 2. The van der Waals surface area contributed by atoms with Crippen LogP contribution in [0, 0.1) is 5.82 Å². The summed E-state index contributed by atoms with van der Waals surface area (Å²) >= 11 is 0. The van der Waals surface area contributed by atoms with E-state index in [4.69, 9.17) is 4.74 Å². The number of morpholine rings is 1. The maximum atomic E-state index is 14.4. The van der Waals surface area contributed by atoms with Crippen molar-refractivity contribution in [2.75, 3.05) is 24.5 Å². The van der Waals surface area contributed by atoms with Crippen molar-refractivity contribution in [3.8, 4) is 0 Å². The number of pyridine rings is 1. The van der Waals surface area contributed by atoms with Crippen LogP contribution in [0.25, 0.3) is 0 Å². The van der Waals surface area contributed by atoms with Crippen LogP contribution >= 0.6 is 0 Å². The van der Waals surface area contributed by atoms with Gasteiger partial charge in [-0.15, -0.1) is 0 Å². The van der Waals surface area contributed by atoms with Crippen LogP contribution in [0.4, 0.5) is 18.9 Å². The van der Waals surface area contributed by atoms with E-state index in [-0.39, 0.29) is 50.5 Å². The molecule has 1 spiro atoms. The molecule has 2 aliphatic heterocycles. The van der Waals surface area contributed by atoms with Gasteiger partial charge in [-0.1, -0.05) is 6.07 Å². The average molecular weight is 419 g/mol. The normalized spacial score (nSPS) is 20.4. The van der Waals surface area contributed by atoms with Crippen LogP contribution in [-0.2, 0) is 20.7 Å². The lowest BCUT2D eigenvalue weighted by molar-refractivity contribution is -0.292. The van der Waals surface area contributed by atoms with Crippen molar-refractivity contribution in [3.63, 3.8) is 0 Å². The number of halogens is 3. The minimum atomic E-state index is -3.99. The third kappa shape index (κ3) is 4.02. The van der Waals surface area contributed by atoms with Crippen molar-refractivity contribution in [1.82, 2.24) is 9.88 Å². The molecule has 0 N–H and O–H groups in total. The molecule has 4 rings (SSSR count). The Labute approximate surface area is 171 Å². The third-order valence-corrected chi connectivity index (χ3v) is 5.53. The summed E-state index contributed by atoms with van der Waals surface area (Å²) in [5.41, 5.74) is -0.327. The molecule has 0 bridgehead atoms. The zero-order valence-electron chi connectivity index (χ0n) is 16.1. The van der Waals surface area contributed by atoms with Gasteiger partial charge in [-0.05, 0) is 48.7 Å². The van der Waals surface area contributed by atoms with Crippen LogP contribution in [0.1, 0.15) is 18.4 Å². The van der Waals surface area contributed by atoms with Crippen LogP contribution in [-0.4, -0.2) is 53.0 Å². The minimum absolute atomic E-state index is 0.0856. The summed E-state index contributed by atoms with van der Waals surface area (Å²) in [5.74, 6) is -2.12. The van der Waals surface area contributed by atoms with E-state index in [9.17, 15) is 22.8 Å². The van der Waals surface area contributed by atoms with Gasteiger partial charge in [-0.25, -0.2) is 4.39 Å². The first kappa shape index (κ1) is 20.3. The summed E-state index contributed by atoms with van der Waals surface area (Å²) in [6.45, 7) is 0.388. The Morgan fingerprint density at radius 2 is 1.83 bits per heavy atom. The highest BCUT2D eigenvalue weighted by Crippen LogP contribution is 2.40. The molecule has 1 aromatic heterocycles. The molecular formula is C21H20F3N3O3. The Bertz CT molecular complexity index is 930. The number of nitrogens with zero attached hydrogens (tertiary/aromatic N) is 3. The fourth-order valence-corrected chi connectivity index (χ4v) is 3.91. The number of amides is 2. The molecular weight excluding hydrogens is 399 g/mol. The Morgan fingerprint density at radius 1 is 1.13 bits per heavy atom. The van der Waals surface area contributed by atoms with Crippen molar-refractivity contribution in [1.29, 1.82) is 0 Å². The number of hydrogen-bond acceptors (Lipinski definition) is 4. The molecule has 9 heteroatoms. The van der Waals surface area contributed by atoms with E-state index in [1.807, 2.05) is 0 Å². The number of piperidine rings is 1. The van der Waals surface area contributed by atoms with Crippen molar-refractivity contribution < 1.29 is 27.5 Å². The van der Waals surface area contributed by atoms with Gasteiger partial charge in [0.05, 0.1) is 18.6 Å². The van der Waals surface area contributed by atoms with Gasteiger partial charge < -0.3 is 14.5 Å². The van der Waals surface area contributed by atoms with E-state index in [1.165, 1.54) is 12.1 Å². The number of hydrogen-bond donors (Lipinski definition) is 0. The van der Waals surface area contributed by atoms with E-state index in [1.54, 1.807) is 29.4 Å². The second-order valence-corrected chi connectivity index (χ2v) is 7.59. The highest BCUT2D eigenvalue weighted by Gasteiger charge is 2.57. The summed E-state index contributed by atoms with van der Waals surface area (Å²) < 4.78 is 47.0. The minimum Gasteiger partial charge on any atom is -0.342 e. The first-order valence-corrected chi connectivity index (χ1v) is 9.60. The number of ether oxygens (including phenoxy) is 1. The van der Waals surface area contributed by atoms with Gasteiger partial charge in [0, 0.05) is 31.2 Å². The Balaban J connectivity index is 1.47. The zero-order valence-corrected chi connectivity index (χ0v) is 16.1. The molecule has 0 unspecified atom stereocenters. The third-order valence-electron chi connectivity index (χ3n) is 5.53. The molecule has 2 saturated heterocycles. The molecule has 1 aromatic carbocycles. The molecule has 30 heavy (non-hydrogen) atoms. The number of alkyl halides is 2.